The van der Waals surface area contributed by atoms with Gasteiger partial charge in [-0.3, -0.25) is 10.1 Å². The van der Waals surface area contributed by atoms with E-state index in [-0.39, 0.29) is 11.9 Å². The normalized spacial score (nSPS) is 18.3. The average molecular weight is 389 g/mol. The molecule has 1 fully saturated rings. The highest BCUT2D eigenvalue weighted by Crippen LogP contribution is 2.33. The van der Waals surface area contributed by atoms with Gasteiger partial charge in [0.1, 0.15) is 24.3 Å². The van der Waals surface area contributed by atoms with E-state index in [9.17, 15) is 9.59 Å². The molecule has 27 heavy (non-hydrogen) atoms. The highest BCUT2D eigenvalue weighted by atomic mass is 32.1. The van der Waals surface area contributed by atoms with Crippen LogP contribution in [0.25, 0.3) is 0 Å². The summed E-state index contributed by atoms with van der Waals surface area (Å²) in [6.45, 7) is 3.32. The number of aromatic nitrogens is 2. The van der Waals surface area contributed by atoms with Crippen molar-refractivity contribution in [1.29, 1.82) is 0 Å². The van der Waals surface area contributed by atoms with Gasteiger partial charge in [-0.05, 0) is 31.9 Å². The van der Waals surface area contributed by atoms with Crippen molar-refractivity contribution in [2.45, 2.75) is 25.8 Å². The number of benzene rings is 1. The van der Waals surface area contributed by atoms with Crippen LogP contribution in [0.3, 0.4) is 0 Å². The Kier molecular flexibility index (Phi) is 4.80. The first-order valence-corrected chi connectivity index (χ1v) is 9.50. The van der Waals surface area contributed by atoms with Crippen molar-refractivity contribution in [3.8, 4) is 11.5 Å². The lowest BCUT2D eigenvalue weighted by Crippen LogP contribution is -2.45. The van der Waals surface area contributed by atoms with E-state index in [2.05, 4.69) is 20.8 Å². The summed E-state index contributed by atoms with van der Waals surface area (Å²) in [4.78, 5) is 26.8. The zero-order valence-electron chi connectivity index (χ0n) is 14.7. The Balaban J connectivity index is 1.42. The second-order valence-electron chi connectivity index (χ2n) is 6.26. The predicted octanol–water partition coefficient (Wildman–Crippen LogP) is 2.25. The molecular formula is C17H19N5O4S. The van der Waals surface area contributed by atoms with E-state index in [1.54, 1.807) is 23.1 Å². The number of hydrogen-bond donors (Lipinski definition) is 2. The van der Waals surface area contributed by atoms with Crippen molar-refractivity contribution >= 4 is 34.1 Å². The van der Waals surface area contributed by atoms with Crippen LogP contribution in [0.15, 0.2) is 18.2 Å². The number of nitrogens with one attached hydrogen (secondary N) is 2. The van der Waals surface area contributed by atoms with E-state index in [0.717, 1.165) is 11.4 Å². The molecule has 0 saturated carbocycles. The number of carbonyl (C=O) groups is 2. The highest BCUT2D eigenvalue weighted by molar-refractivity contribution is 7.15. The average Bonchev–Trinajstić information content (AvgIpc) is 3.31. The SMILES string of the molecule is Cc1nnc(NC(=O)[C@@H]2CCCN2C(=O)Nc2ccc3c(c2)OCCO3)s1. The zero-order chi connectivity index (χ0) is 18.8. The minimum Gasteiger partial charge on any atom is -0.486 e. The number of fused-ring (bicyclic) bond motifs is 1. The van der Waals surface area contributed by atoms with E-state index in [0.29, 0.717) is 48.5 Å². The van der Waals surface area contributed by atoms with Gasteiger partial charge in [-0.25, -0.2) is 4.79 Å². The lowest BCUT2D eigenvalue weighted by atomic mass is 10.2. The molecule has 2 aliphatic rings. The smallest absolute Gasteiger partial charge is 0.322 e. The number of carbonyl (C=O) groups excluding carboxylic acids is 2. The predicted molar refractivity (Wildman–Crippen MR) is 99.5 cm³/mol. The molecule has 9 nitrogen and oxygen atoms in total. The third-order valence-electron chi connectivity index (χ3n) is 4.37. The summed E-state index contributed by atoms with van der Waals surface area (Å²) in [5, 5.41) is 14.6. The van der Waals surface area contributed by atoms with Crippen LogP contribution in [0, 0.1) is 6.92 Å². The maximum Gasteiger partial charge on any atom is 0.322 e. The largest absolute Gasteiger partial charge is 0.486 e. The molecule has 0 spiro atoms. The van der Waals surface area contributed by atoms with Crippen LogP contribution in [-0.4, -0.2) is 52.8 Å². The lowest BCUT2D eigenvalue weighted by Gasteiger charge is -2.24. The van der Waals surface area contributed by atoms with Crippen molar-refractivity contribution in [3.05, 3.63) is 23.2 Å². The molecule has 0 bridgehead atoms. The zero-order valence-corrected chi connectivity index (χ0v) is 15.5. The lowest BCUT2D eigenvalue weighted by molar-refractivity contribution is -0.119. The van der Waals surface area contributed by atoms with Gasteiger partial charge in [0, 0.05) is 18.3 Å². The van der Waals surface area contributed by atoms with E-state index in [1.807, 2.05) is 6.92 Å². The number of nitrogens with zero attached hydrogens (tertiary/aromatic N) is 3. The summed E-state index contributed by atoms with van der Waals surface area (Å²) in [5.74, 6) is 1.01. The first-order chi connectivity index (χ1) is 13.1. The van der Waals surface area contributed by atoms with Crippen LogP contribution in [0.4, 0.5) is 15.6 Å². The number of anilines is 2. The standard InChI is InChI=1S/C17H19N5O4S/c1-10-20-21-16(27-10)19-15(23)12-3-2-6-22(12)17(24)18-11-4-5-13-14(9-11)26-8-7-25-13/h4-5,9,12H,2-3,6-8H2,1H3,(H,18,24)(H,19,21,23)/t12-/m0/s1. The maximum absolute atomic E-state index is 12.7. The minimum absolute atomic E-state index is 0.249. The third-order valence-corrected chi connectivity index (χ3v) is 5.12. The molecule has 1 aromatic carbocycles. The minimum atomic E-state index is -0.536. The van der Waals surface area contributed by atoms with Gasteiger partial charge in [-0.2, -0.15) is 0 Å². The molecule has 4 rings (SSSR count). The van der Waals surface area contributed by atoms with Gasteiger partial charge >= 0.3 is 6.03 Å². The number of amides is 3. The number of aryl methyl sites for hydroxylation is 1. The van der Waals surface area contributed by atoms with Gasteiger partial charge in [0.25, 0.3) is 0 Å². The van der Waals surface area contributed by atoms with Crippen LogP contribution in [0.1, 0.15) is 17.8 Å². The third kappa shape index (κ3) is 3.80. The van der Waals surface area contributed by atoms with E-state index in [4.69, 9.17) is 9.47 Å². The quantitative estimate of drug-likeness (QED) is 0.834. The molecule has 3 amide bonds. The molecule has 1 aromatic heterocycles. The molecule has 0 unspecified atom stereocenters. The Morgan fingerprint density at radius 2 is 2.00 bits per heavy atom. The second-order valence-corrected chi connectivity index (χ2v) is 7.44. The van der Waals surface area contributed by atoms with Crippen LogP contribution in [0.2, 0.25) is 0 Å². The van der Waals surface area contributed by atoms with E-state index < -0.39 is 6.04 Å². The van der Waals surface area contributed by atoms with Crippen LogP contribution in [-0.2, 0) is 4.79 Å². The summed E-state index contributed by atoms with van der Waals surface area (Å²) >= 11 is 1.30. The maximum atomic E-state index is 12.7. The van der Waals surface area contributed by atoms with Gasteiger partial charge in [-0.1, -0.05) is 11.3 Å². The molecule has 2 aliphatic heterocycles. The first-order valence-electron chi connectivity index (χ1n) is 8.68. The molecular weight excluding hydrogens is 370 g/mol. The second kappa shape index (κ2) is 7.39. The summed E-state index contributed by atoms with van der Waals surface area (Å²) in [6.07, 6.45) is 1.37. The number of likely N-dealkylation sites (tertiary alicyclic amines) is 1. The van der Waals surface area contributed by atoms with Crippen molar-refractivity contribution in [2.24, 2.45) is 0 Å². The highest BCUT2D eigenvalue weighted by Gasteiger charge is 2.34. The van der Waals surface area contributed by atoms with Crippen molar-refractivity contribution in [1.82, 2.24) is 15.1 Å². The number of urea groups is 1. The number of hydrogen-bond acceptors (Lipinski definition) is 7. The number of ether oxygens (including phenoxy) is 2. The molecule has 0 aliphatic carbocycles. The fourth-order valence-corrected chi connectivity index (χ4v) is 3.73. The van der Waals surface area contributed by atoms with Crippen molar-refractivity contribution < 1.29 is 19.1 Å². The van der Waals surface area contributed by atoms with Crippen molar-refractivity contribution in [2.75, 3.05) is 30.4 Å². The Bertz CT molecular complexity index is 871. The Labute approximate surface area is 159 Å². The van der Waals surface area contributed by atoms with Gasteiger partial charge in [0.2, 0.25) is 11.0 Å². The summed E-state index contributed by atoms with van der Waals surface area (Å²) in [7, 11) is 0. The van der Waals surface area contributed by atoms with Gasteiger partial charge in [0.05, 0.1) is 0 Å². The van der Waals surface area contributed by atoms with E-state index >= 15 is 0 Å². The molecule has 1 atom stereocenters. The topological polar surface area (TPSA) is 106 Å². The van der Waals surface area contributed by atoms with Crippen LogP contribution in [0.5, 0.6) is 11.5 Å². The van der Waals surface area contributed by atoms with Crippen LogP contribution >= 0.6 is 11.3 Å². The molecule has 2 aromatic rings. The molecule has 1 saturated heterocycles. The first kappa shape index (κ1) is 17.5. The summed E-state index contributed by atoms with van der Waals surface area (Å²) < 4.78 is 11.0. The van der Waals surface area contributed by atoms with Crippen molar-refractivity contribution in [3.63, 3.8) is 0 Å². The molecule has 142 valence electrons. The molecule has 10 heteroatoms. The monoisotopic (exact) mass is 389 g/mol. The Morgan fingerprint density at radius 1 is 1.19 bits per heavy atom. The Hall–Kier alpha value is -2.88. The fraction of sp³-hybridized carbons (Fsp3) is 0.412. The molecule has 2 N–H and O–H groups in total. The van der Waals surface area contributed by atoms with E-state index in [1.165, 1.54) is 11.3 Å². The van der Waals surface area contributed by atoms with Gasteiger partial charge < -0.3 is 19.7 Å². The number of rotatable bonds is 3. The van der Waals surface area contributed by atoms with Crippen LogP contribution < -0.4 is 20.1 Å². The van der Waals surface area contributed by atoms with Gasteiger partial charge in [0.15, 0.2) is 11.5 Å². The van der Waals surface area contributed by atoms with Gasteiger partial charge in [-0.15, -0.1) is 10.2 Å². The summed E-state index contributed by atoms with van der Waals surface area (Å²) in [5.41, 5.74) is 0.593. The summed E-state index contributed by atoms with van der Waals surface area (Å²) in [6, 6.07) is 4.38. The fourth-order valence-electron chi connectivity index (χ4n) is 3.13. The Morgan fingerprint density at radius 3 is 2.78 bits per heavy atom. The molecule has 3 heterocycles. The molecule has 0 radical (unpaired) electrons.